The van der Waals surface area contributed by atoms with Gasteiger partial charge in [-0.1, -0.05) is 43.9 Å². The minimum absolute atomic E-state index is 0.589. The summed E-state index contributed by atoms with van der Waals surface area (Å²) in [6, 6.07) is 7.07. The molecular weight excluding hydrogens is 234 g/mol. The lowest BCUT2D eigenvalue weighted by atomic mass is 9.79. The minimum atomic E-state index is 0.589. The van der Waals surface area contributed by atoms with Gasteiger partial charge in [-0.2, -0.15) is 0 Å². The third-order valence-electron chi connectivity index (χ3n) is 4.24. The Morgan fingerprint density at radius 1 is 1.37 bits per heavy atom. The Labute approximate surface area is 117 Å². The van der Waals surface area contributed by atoms with E-state index < -0.39 is 0 Å². The van der Waals surface area contributed by atoms with Crippen molar-refractivity contribution in [1.82, 2.24) is 5.32 Å². The van der Waals surface area contributed by atoms with Crippen molar-refractivity contribution in [2.24, 2.45) is 5.92 Å². The van der Waals surface area contributed by atoms with Gasteiger partial charge in [-0.05, 0) is 43.9 Å². The highest BCUT2D eigenvalue weighted by Gasteiger charge is 2.22. The molecule has 1 unspecified atom stereocenters. The van der Waals surface area contributed by atoms with Crippen LogP contribution in [0.1, 0.15) is 43.7 Å². The topological polar surface area (TPSA) is 21.3 Å². The van der Waals surface area contributed by atoms with Crippen molar-refractivity contribution >= 4 is 0 Å². The van der Waals surface area contributed by atoms with Gasteiger partial charge < -0.3 is 10.1 Å². The Kier molecular flexibility index (Phi) is 5.26. The van der Waals surface area contributed by atoms with Gasteiger partial charge in [0.05, 0.1) is 7.11 Å². The molecule has 0 saturated heterocycles. The summed E-state index contributed by atoms with van der Waals surface area (Å²) < 4.78 is 5.50. The second kappa shape index (κ2) is 6.95. The molecule has 2 nitrogen and oxygen atoms in total. The smallest absolute Gasteiger partial charge is 0.122 e. The summed E-state index contributed by atoms with van der Waals surface area (Å²) in [4.78, 5) is 0. The second-order valence-corrected chi connectivity index (χ2v) is 5.81. The van der Waals surface area contributed by atoms with Gasteiger partial charge >= 0.3 is 0 Å². The van der Waals surface area contributed by atoms with Gasteiger partial charge in [0.1, 0.15) is 5.75 Å². The summed E-state index contributed by atoms with van der Waals surface area (Å²) in [7, 11) is 1.77. The number of likely N-dealkylation sites (N-methyl/N-ethyl adjacent to an activating group) is 1. The standard InChI is InChI=1S/C17H27NO/c1-4-18-16(11-14-6-5-7-14)12-15-10-13(2)8-9-17(15)19-3/h8-10,14,16,18H,4-7,11-12H2,1-3H3. The molecule has 1 saturated carbocycles. The summed E-state index contributed by atoms with van der Waals surface area (Å²) in [5, 5.41) is 3.65. The molecule has 1 aromatic rings. The molecule has 0 aromatic heterocycles. The highest BCUT2D eigenvalue weighted by atomic mass is 16.5. The molecule has 0 aliphatic heterocycles. The maximum Gasteiger partial charge on any atom is 0.122 e. The van der Waals surface area contributed by atoms with Crippen LogP contribution in [-0.4, -0.2) is 19.7 Å². The number of hydrogen-bond acceptors (Lipinski definition) is 2. The van der Waals surface area contributed by atoms with E-state index in [0.29, 0.717) is 6.04 Å². The number of hydrogen-bond donors (Lipinski definition) is 1. The molecule has 0 bridgehead atoms. The molecular formula is C17H27NO. The van der Waals surface area contributed by atoms with Crippen molar-refractivity contribution in [2.45, 2.75) is 52.0 Å². The quantitative estimate of drug-likeness (QED) is 0.808. The highest BCUT2D eigenvalue weighted by molar-refractivity contribution is 5.37. The zero-order valence-corrected chi connectivity index (χ0v) is 12.5. The average molecular weight is 261 g/mol. The van der Waals surface area contributed by atoms with Gasteiger partial charge in [0.25, 0.3) is 0 Å². The van der Waals surface area contributed by atoms with E-state index in [-0.39, 0.29) is 0 Å². The molecule has 1 atom stereocenters. The van der Waals surface area contributed by atoms with Crippen LogP contribution in [-0.2, 0) is 6.42 Å². The lowest BCUT2D eigenvalue weighted by Crippen LogP contribution is -2.34. The van der Waals surface area contributed by atoms with E-state index in [9.17, 15) is 0 Å². The second-order valence-electron chi connectivity index (χ2n) is 5.81. The Balaban J connectivity index is 2.03. The van der Waals surface area contributed by atoms with E-state index >= 15 is 0 Å². The summed E-state index contributed by atoms with van der Waals surface area (Å²) in [6.45, 7) is 5.39. The van der Waals surface area contributed by atoms with Crippen LogP contribution in [0.2, 0.25) is 0 Å². The third kappa shape index (κ3) is 3.97. The molecule has 0 amide bonds. The number of benzene rings is 1. The maximum absolute atomic E-state index is 5.50. The monoisotopic (exact) mass is 261 g/mol. The van der Waals surface area contributed by atoms with Gasteiger partial charge in [-0.3, -0.25) is 0 Å². The fraction of sp³-hybridized carbons (Fsp3) is 0.647. The minimum Gasteiger partial charge on any atom is -0.496 e. The number of rotatable bonds is 7. The Morgan fingerprint density at radius 2 is 2.16 bits per heavy atom. The first-order valence-electron chi connectivity index (χ1n) is 7.59. The van der Waals surface area contributed by atoms with E-state index in [1.807, 2.05) is 0 Å². The van der Waals surface area contributed by atoms with Crippen molar-refractivity contribution in [2.75, 3.05) is 13.7 Å². The van der Waals surface area contributed by atoms with Crippen molar-refractivity contribution in [1.29, 1.82) is 0 Å². The molecule has 106 valence electrons. The molecule has 1 fully saturated rings. The Morgan fingerprint density at radius 3 is 2.74 bits per heavy atom. The van der Waals surface area contributed by atoms with Crippen molar-refractivity contribution in [3.05, 3.63) is 29.3 Å². The van der Waals surface area contributed by atoms with E-state index in [0.717, 1.165) is 24.6 Å². The predicted octanol–water partition coefficient (Wildman–Crippen LogP) is 3.71. The molecule has 0 spiro atoms. The van der Waals surface area contributed by atoms with Gasteiger partial charge in [-0.15, -0.1) is 0 Å². The predicted molar refractivity (Wildman–Crippen MR) is 80.9 cm³/mol. The van der Waals surface area contributed by atoms with Crippen molar-refractivity contribution < 1.29 is 4.74 Å². The summed E-state index contributed by atoms with van der Waals surface area (Å²) in [5.41, 5.74) is 2.66. The van der Waals surface area contributed by atoms with Crippen LogP contribution in [0.4, 0.5) is 0 Å². The molecule has 2 rings (SSSR count). The van der Waals surface area contributed by atoms with Crippen LogP contribution >= 0.6 is 0 Å². The number of ether oxygens (including phenoxy) is 1. The Bertz CT molecular complexity index is 398. The molecule has 1 aliphatic carbocycles. The van der Waals surface area contributed by atoms with Crippen LogP contribution in [0.15, 0.2) is 18.2 Å². The lowest BCUT2D eigenvalue weighted by molar-refractivity contribution is 0.259. The van der Waals surface area contributed by atoms with Gasteiger partial charge in [-0.25, -0.2) is 0 Å². The molecule has 0 radical (unpaired) electrons. The highest BCUT2D eigenvalue weighted by Crippen LogP contribution is 2.32. The first-order valence-corrected chi connectivity index (χ1v) is 7.59. The molecule has 1 N–H and O–H groups in total. The van der Waals surface area contributed by atoms with Gasteiger partial charge in [0.2, 0.25) is 0 Å². The third-order valence-corrected chi connectivity index (χ3v) is 4.24. The fourth-order valence-electron chi connectivity index (χ4n) is 2.99. The largest absolute Gasteiger partial charge is 0.496 e. The van der Waals surface area contributed by atoms with Crippen LogP contribution < -0.4 is 10.1 Å². The van der Waals surface area contributed by atoms with Crippen molar-refractivity contribution in [3.63, 3.8) is 0 Å². The van der Waals surface area contributed by atoms with Crippen LogP contribution in [0, 0.1) is 12.8 Å². The molecule has 19 heavy (non-hydrogen) atoms. The van der Waals surface area contributed by atoms with Crippen LogP contribution in [0.3, 0.4) is 0 Å². The van der Waals surface area contributed by atoms with E-state index in [4.69, 9.17) is 4.74 Å². The zero-order chi connectivity index (χ0) is 13.7. The van der Waals surface area contributed by atoms with E-state index in [1.165, 1.54) is 36.8 Å². The Hall–Kier alpha value is -1.02. The molecule has 2 heteroatoms. The van der Waals surface area contributed by atoms with Crippen LogP contribution in [0.5, 0.6) is 5.75 Å². The number of nitrogens with one attached hydrogen (secondary N) is 1. The molecule has 1 aromatic carbocycles. The normalized spacial score (nSPS) is 17.0. The summed E-state index contributed by atoms with van der Waals surface area (Å²) in [5.74, 6) is 1.97. The lowest BCUT2D eigenvalue weighted by Gasteiger charge is -2.30. The molecule has 0 heterocycles. The van der Waals surface area contributed by atoms with Crippen LogP contribution in [0.25, 0.3) is 0 Å². The fourth-order valence-corrected chi connectivity index (χ4v) is 2.99. The number of aryl methyl sites for hydroxylation is 1. The summed E-state index contributed by atoms with van der Waals surface area (Å²) >= 11 is 0. The maximum atomic E-state index is 5.50. The summed E-state index contributed by atoms with van der Waals surface area (Å²) in [6.07, 6.45) is 6.66. The first-order chi connectivity index (χ1) is 9.22. The van der Waals surface area contributed by atoms with E-state index in [1.54, 1.807) is 7.11 Å². The van der Waals surface area contributed by atoms with E-state index in [2.05, 4.69) is 37.4 Å². The van der Waals surface area contributed by atoms with Crippen molar-refractivity contribution in [3.8, 4) is 5.75 Å². The van der Waals surface area contributed by atoms with Gasteiger partial charge in [0.15, 0.2) is 0 Å². The SMILES string of the molecule is CCNC(Cc1cc(C)ccc1OC)CC1CCC1. The average Bonchev–Trinajstić information content (AvgIpc) is 2.34. The first kappa shape index (κ1) is 14.4. The van der Waals surface area contributed by atoms with Gasteiger partial charge in [0, 0.05) is 6.04 Å². The molecule has 1 aliphatic rings. The zero-order valence-electron chi connectivity index (χ0n) is 12.5. The number of methoxy groups -OCH3 is 1.